The number of benzene rings is 2. The van der Waals surface area contributed by atoms with Gasteiger partial charge in [0.05, 0.1) is 6.61 Å². The lowest BCUT2D eigenvalue weighted by atomic mass is 10.1. The van der Waals surface area contributed by atoms with Crippen molar-refractivity contribution in [3.8, 4) is 22.6 Å². The van der Waals surface area contributed by atoms with Gasteiger partial charge in [0.2, 0.25) is 0 Å². The zero-order chi connectivity index (χ0) is 22.3. The van der Waals surface area contributed by atoms with Gasteiger partial charge in [-0.2, -0.15) is 0 Å². The second kappa shape index (κ2) is 14.5. The van der Waals surface area contributed by atoms with Crippen LogP contribution in [0.3, 0.4) is 0 Å². The zero-order valence-electron chi connectivity index (χ0n) is 19.4. The van der Waals surface area contributed by atoms with Gasteiger partial charge in [-0.1, -0.05) is 70.2 Å². The van der Waals surface area contributed by atoms with Gasteiger partial charge < -0.3 is 14.2 Å². The predicted octanol–water partition coefficient (Wildman–Crippen LogP) is 7.20. The van der Waals surface area contributed by atoms with E-state index in [1.54, 1.807) is 0 Å². The number of hydrogen-bond donors (Lipinski definition) is 0. The fourth-order valence-corrected chi connectivity index (χ4v) is 3.26. The fraction of sp³-hybridized carbons (Fsp3) is 0.519. The third-order valence-corrected chi connectivity index (χ3v) is 5.11. The molecule has 170 valence electrons. The van der Waals surface area contributed by atoms with E-state index in [1.165, 1.54) is 19.3 Å². The van der Waals surface area contributed by atoms with Crippen LogP contribution in [0.2, 0.25) is 0 Å². The molecule has 31 heavy (non-hydrogen) atoms. The summed E-state index contributed by atoms with van der Waals surface area (Å²) in [6.07, 6.45) is 8.10. The number of unbranched alkanes of at least 4 members (excludes halogenated alkanes) is 5. The molecule has 0 aliphatic carbocycles. The molecule has 0 aliphatic heterocycles. The van der Waals surface area contributed by atoms with Gasteiger partial charge in [0.1, 0.15) is 24.2 Å². The van der Waals surface area contributed by atoms with Gasteiger partial charge in [-0.15, -0.1) is 0 Å². The molecule has 2 aromatic rings. The Morgan fingerprint density at radius 2 is 1.29 bits per heavy atom. The van der Waals surface area contributed by atoms with Crippen molar-refractivity contribution in [2.75, 3.05) is 13.2 Å². The summed E-state index contributed by atoms with van der Waals surface area (Å²) in [6.45, 7) is 7.32. The summed E-state index contributed by atoms with van der Waals surface area (Å²) in [5.41, 5.74) is 2.26. The van der Waals surface area contributed by atoms with Crippen LogP contribution in [0.1, 0.15) is 72.1 Å². The van der Waals surface area contributed by atoms with Gasteiger partial charge in [0.15, 0.2) is 0 Å². The number of rotatable bonds is 15. The van der Waals surface area contributed by atoms with Gasteiger partial charge >= 0.3 is 5.97 Å². The first kappa shape index (κ1) is 24.8. The van der Waals surface area contributed by atoms with Crippen molar-refractivity contribution in [2.24, 2.45) is 0 Å². The van der Waals surface area contributed by atoms with E-state index < -0.39 is 0 Å². The van der Waals surface area contributed by atoms with E-state index in [4.69, 9.17) is 14.2 Å². The average Bonchev–Trinajstić information content (AvgIpc) is 2.78. The zero-order valence-corrected chi connectivity index (χ0v) is 19.4. The standard InChI is InChI=1S/C27H38O4/c1-4-6-8-10-20-29-25-16-12-23(13-17-25)24-14-18-26(19-15-24)30-21-22(3)31-27(28)11-9-7-5-2/h12-19,22H,4-11,20-21H2,1-3H3. The molecule has 2 aromatic carbocycles. The molecule has 0 saturated carbocycles. The average molecular weight is 427 g/mol. The molecule has 0 aliphatic rings. The first-order valence-corrected chi connectivity index (χ1v) is 11.8. The van der Waals surface area contributed by atoms with Gasteiger partial charge in [0.25, 0.3) is 0 Å². The number of esters is 1. The maximum Gasteiger partial charge on any atom is 0.306 e. The Morgan fingerprint density at radius 3 is 1.87 bits per heavy atom. The Kier molecular flexibility index (Phi) is 11.6. The van der Waals surface area contributed by atoms with Gasteiger partial charge in [0, 0.05) is 6.42 Å². The van der Waals surface area contributed by atoms with Gasteiger partial charge in [-0.3, -0.25) is 4.79 Å². The highest BCUT2D eigenvalue weighted by molar-refractivity contribution is 5.69. The van der Waals surface area contributed by atoms with Crippen LogP contribution in [0.15, 0.2) is 48.5 Å². The second-order valence-corrected chi connectivity index (χ2v) is 8.03. The van der Waals surface area contributed by atoms with Gasteiger partial charge in [-0.05, 0) is 55.2 Å². The molecule has 0 radical (unpaired) electrons. The molecule has 0 fully saturated rings. The molecule has 0 saturated heterocycles. The van der Waals surface area contributed by atoms with Crippen molar-refractivity contribution in [3.05, 3.63) is 48.5 Å². The normalized spacial score (nSPS) is 11.7. The highest BCUT2D eigenvalue weighted by atomic mass is 16.6. The summed E-state index contributed by atoms with van der Waals surface area (Å²) in [5.74, 6) is 1.54. The Labute approximate surface area is 187 Å². The van der Waals surface area contributed by atoms with Crippen LogP contribution < -0.4 is 9.47 Å². The van der Waals surface area contributed by atoms with Crippen LogP contribution in [-0.2, 0) is 9.53 Å². The van der Waals surface area contributed by atoms with Crippen LogP contribution >= 0.6 is 0 Å². The molecule has 0 N–H and O–H groups in total. The van der Waals surface area contributed by atoms with Crippen LogP contribution in [0, 0.1) is 0 Å². The molecule has 1 unspecified atom stereocenters. The Morgan fingerprint density at radius 1 is 0.742 bits per heavy atom. The van der Waals surface area contributed by atoms with Crippen molar-refractivity contribution >= 4 is 5.97 Å². The second-order valence-electron chi connectivity index (χ2n) is 8.03. The smallest absolute Gasteiger partial charge is 0.306 e. The molecule has 2 rings (SSSR count). The Bertz CT molecular complexity index is 737. The van der Waals surface area contributed by atoms with Crippen molar-refractivity contribution in [1.29, 1.82) is 0 Å². The third kappa shape index (κ3) is 9.91. The molecule has 1 atom stereocenters. The number of hydrogen-bond acceptors (Lipinski definition) is 4. The molecule has 0 bridgehead atoms. The minimum atomic E-state index is -0.261. The van der Waals surface area contributed by atoms with Crippen LogP contribution in [0.5, 0.6) is 11.5 Å². The van der Waals surface area contributed by atoms with Crippen LogP contribution in [-0.4, -0.2) is 25.3 Å². The number of ether oxygens (including phenoxy) is 3. The molecular weight excluding hydrogens is 388 g/mol. The highest BCUT2D eigenvalue weighted by Crippen LogP contribution is 2.25. The SMILES string of the molecule is CCCCCCOc1ccc(-c2ccc(OCC(C)OC(=O)CCCCC)cc2)cc1. The molecular formula is C27H38O4. The van der Waals surface area contributed by atoms with Crippen molar-refractivity contribution < 1.29 is 19.0 Å². The number of carbonyl (C=O) groups is 1. The maximum absolute atomic E-state index is 11.8. The summed E-state index contributed by atoms with van der Waals surface area (Å²) >= 11 is 0. The van der Waals surface area contributed by atoms with Crippen molar-refractivity contribution in [2.45, 2.75) is 78.2 Å². The molecule has 0 amide bonds. The minimum Gasteiger partial charge on any atom is -0.494 e. The van der Waals surface area contributed by atoms with Crippen LogP contribution in [0.25, 0.3) is 11.1 Å². The summed E-state index contributed by atoms with van der Waals surface area (Å²) in [6, 6.07) is 16.2. The Balaban J connectivity index is 1.75. The largest absolute Gasteiger partial charge is 0.494 e. The third-order valence-electron chi connectivity index (χ3n) is 5.11. The Hall–Kier alpha value is -2.49. The molecule has 0 spiro atoms. The fourth-order valence-electron chi connectivity index (χ4n) is 3.26. The molecule has 4 heteroatoms. The highest BCUT2D eigenvalue weighted by Gasteiger charge is 2.10. The van der Waals surface area contributed by atoms with E-state index in [1.807, 2.05) is 43.3 Å². The van der Waals surface area contributed by atoms with Gasteiger partial charge in [-0.25, -0.2) is 0 Å². The predicted molar refractivity (Wildman–Crippen MR) is 127 cm³/mol. The van der Waals surface area contributed by atoms with E-state index in [-0.39, 0.29) is 12.1 Å². The maximum atomic E-state index is 11.8. The van der Waals surface area contributed by atoms with E-state index in [0.29, 0.717) is 13.0 Å². The van der Waals surface area contributed by atoms with Crippen molar-refractivity contribution in [1.82, 2.24) is 0 Å². The lowest BCUT2D eigenvalue weighted by Gasteiger charge is -2.14. The molecule has 0 heterocycles. The van der Waals surface area contributed by atoms with E-state index in [9.17, 15) is 4.79 Å². The van der Waals surface area contributed by atoms with E-state index >= 15 is 0 Å². The summed E-state index contributed by atoms with van der Waals surface area (Å²) < 4.78 is 17.0. The van der Waals surface area contributed by atoms with E-state index in [2.05, 4.69) is 26.0 Å². The summed E-state index contributed by atoms with van der Waals surface area (Å²) in [5, 5.41) is 0. The van der Waals surface area contributed by atoms with E-state index in [0.717, 1.165) is 54.9 Å². The minimum absolute atomic E-state index is 0.145. The number of carbonyl (C=O) groups excluding carboxylic acids is 1. The topological polar surface area (TPSA) is 44.8 Å². The molecule has 0 aromatic heterocycles. The monoisotopic (exact) mass is 426 g/mol. The van der Waals surface area contributed by atoms with Crippen LogP contribution in [0.4, 0.5) is 0 Å². The molecule has 4 nitrogen and oxygen atoms in total. The lowest BCUT2D eigenvalue weighted by molar-refractivity contribution is -0.149. The summed E-state index contributed by atoms with van der Waals surface area (Å²) in [7, 11) is 0. The lowest BCUT2D eigenvalue weighted by Crippen LogP contribution is -2.21. The van der Waals surface area contributed by atoms with Crippen molar-refractivity contribution in [3.63, 3.8) is 0 Å². The first-order valence-electron chi connectivity index (χ1n) is 11.8. The first-order chi connectivity index (χ1) is 15.1. The quantitative estimate of drug-likeness (QED) is 0.223. The summed E-state index contributed by atoms with van der Waals surface area (Å²) in [4.78, 5) is 11.8.